The molecule has 1 heterocycles. The Morgan fingerprint density at radius 1 is 1.29 bits per heavy atom. The molecule has 1 aromatic carbocycles. The highest BCUT2D eigenvalue weighted by Crippen LogP contribution is 2.31. The van der Waals surface area contributed by atoms with Crippen LogP contribution < -0.4 is 10.1 Å². The van der Waals surface area contributed by atoms with E-state index in [1.54, 1.807) is 29.5 Å². The van der Waals surface area contributed by atoms with Gasteiger partial charge in [-0.3, -0.25) is 0 Å². The average Bonchev–Trinajstić information content (AvgIpc) is 2.86. The van der Waals surface area contributed by atoms with Gasteiger partial charge in [-0.05, 0) is 24.6 Å². The largest absolute Gasteiger partial charge is 0.494 e. The topological polar surface area (TPSA) is 21.3 Å². The number of halogens is 1. The van der Waals surface area contributed by atoms with Crippen LogP contribution in [0.2, 0.25) is 0 Å². The minimum atomic E-state index is -0.303. The summed E-state index contributed by atoms with van der Waals surface area (Å²) >= 11 is 1.60. The van der Waals surface area contributed by atoms with E-state index in [2.05, 4.69) is 5.32 Å². The number of thiophene rings is 1. The van der Waals surface area contributed by atoms with Crippen LogP contribution in [0.1, 0.15) is 16.5 Å². The van der Waals surface area contributed by atoms with Crippen molar-refractivity contribution in [2.45, 2.75) is 6.04 Å². The molecule has 4 heteroatoms. The van der Waals surface area contributed by atoms with Crippen LogP contribution in [0.3, 0.4) is 0 Å². The van der Waals surface area contributed by atoms with Gasteiger partial charge in [-0.2, -0.15) is 0 Å². The van der Waals surface area contributed by atoms with E-state index in [0.29, 0.717) is 5.56 Å². The summed E-state index contributed by atoms with van der Waals surface area (Å²) in [5.41, 5.74) is 0.606. The van der Waals surface area contributed by atoms with Crippen LogP contribution in [0.15, 0.2) is 35.7 Å². The zero-order valence-electron chi connectivity index (χ0n) is 9.74. The summed E-state index contributed by atoms with van der Waals surface area (Å²) in [5.74, 6) is -0.0259. The second-order valence-electron chi connectivity index (χ2n) is 3.60. The molecule has 90 valence electrons. The Hall–Kier alpha value is -1.39. The zero-order chi connectivity index (χ0) is 12.3. The summed E-state index contributed by atoms with van der Waals surface area (Å²) in [4.78, 5) is 1.08. The van der Waals surface area contributed by atoms with Crippen LogP contribution in [0.4, 0.5) is 4.39 Å². The Bertz CT molecular complexity index is 484. The number of nitrogens with one attached hydrogen (secondary N) is 1. The maximum absolute atomic E-state index is 14.1. The molecule has 1 unspecified atom stereocenters. The van der Waals surface area contributed by atoms with Gasteiger partial charge in [0.2, 0.25) is 0 Å². The van der Waals surface area contributed by atoms with Crippen molar-refractivity contribution in [3.05, 3.63) is 52.0 Å². The Morgan fingerprint density at radius 2 is 2.12 bits per heavy atom. The van der Waals surface area contributed by atoms with Gasteiger partial charge in [0.15, 0.2) is 11.6 Å². The fraction of sp³-hybridized carbons (Fsp3) is 0.231. The number of hydrogen-bond acceptors (Lipinski definition) is 3. The van der Waals surface area contributed by atoms with Crippen molar-refractivity contribution in [2.24, 2.45) is 0 Å². The highest BCUT2D eigenvalue weighted by molar-refractivity contribution is 7.10. The van der Waals surface area contributed by atoms with E-state index in [0.717, 1.165) is 4.88 Å². The molecule has 0 spiro atoms. The van der Waals surface area contributed by atoms with E-state index in [4.69, 9.17) is 4.74 Å². The molecule has 2 nitrogen and oxygen atoms in total. The summed E-state index contributed by atoms with van der Waals surface area (Å²) in [6, 6.07) is 9.02. The quantitative estimate of drug-likeness (QED) is 0.901. The van der Waals surface area contributed by atoms with Crippen LogP contribution in [0.25, 0.3) is 0 Å². The first-order valence-electron chi connectivity index (χ1n) is 5.31. The Labute approximate surface area is 104 Å². The first kappa shape index (κ1) is 12.1. The average molecular weight is 251 g/mol. The lowest BCUT2D eigenvalue weighted by Crippen LogP contribution is -2.18. The van der Waals surface area contributed by atoms with Crippen LogP contribution in [-0.4, -0.2) is 14.2 Å². The van der Waals surface area contributed by atoms with Crippen molar-refractivity contribution in [3.8, 4) is 5.75 Å². The van der Waals surface area contributed by atoms with Crippen molar-refractivity contribution < 1.29 is 9.13 Å². The molecule has 1 aromatic heterocycles. The first-order valence-corrected chi connectivity index (χ1v) is 6.19. The first-order chi connectivity index (χ1) is 8.27. The lowest BCUT2D eigenvalue weighted by molar-refractivity contribution is 0.382. The summed E-state index contributed by atoms with van der Waals surface area (Å²) in [6.07, 6.45) is 0. The molecule has 2 aromatic rings. The van der Waals surface area contributed by atoms with Crippen molar-refractivity contribution in [2.75, 3.05) is 14.2 Å². The van der Waals surface area contributed by atoms with E-state index in [1.807, 2.05) is 24.6 Å². The third kappa shape index (κ3) is 2.33. The standard InChI is InChI=1S/C13H14FNOS/c1-15-13(11-7-4-8-17-11)9-5-3-6-10(16-2)12(9)14/h3-8,13,15H,1-2H3. The lowest BCUT2D eigenvalue weighted by atomic mass is 10.0. The molecule has 0 bridgehead atoms. The smallest absolute Gasteiger partial charge is 0.170 e. The van der Waals surface area contributed by atoms with Crippen LogP contribution >= 0.6 is 11.3 Å². The van der Waals surface area contributed by atoms with E-state index in [1.165, 1.54) is 7.11 Å². The van der Waals surface area contributed by atoms with E-state index in [-0.39, 0.29) is 17.6 Å². The van der Waals surface area contributed by atoms with Gasteiger partial charge in [0.05, 0.1) is 13.2 Å². The maximum Gasteiger partial charge on any atom is 0.170 e. The number of methoxy groups -OCH3 is 1. The van der Waals surface area contributed by atoms with Gasteiger partial charge in [-0.25, -0.2) is 4.39 Å². The van der Waals surface area contributed by atoms with Crippen LogP contribution in [-0.2, 0) is 0 Å². The van der Waals surface area contributed by atoms with Gasteiger partial charge in [0.1, 0.15) is 0 Å². The highest BCUT2D eigenvalue weighted by Gasteiger charge is 2.19. The van der Waals surface area contributed by atoms with Crippen molar-refractivity contribution in [1.29, 1.82) is 0 Å². The second kappa shape index (κ2) is 5.29. The zero-order valence-corrected chi connectivity index (χ0v) is 10.6. The minimum Gasteiger partial charge on any atom is -0.494 e. The fourth-order valence-corrected chi connectivity index (χ4v) is 2.67. The molecule has 17 heavy (non-hydrogen) atoms. The molecular formula is C13H14FNOS. The highest BCUT2D eigenvalue weighted by atomic mass is 32.1. The van der Waals surface area contributed by atoms with Crippen molar-refractivity contribution in [1.82, 2.24) is 5.32 Å². The van der Waals surface area contributed by atoms with Crippen LogP contribution in [0, 0.1) is 5.82 Å². The van der Waals surface area contributed by atoms with Gasteiger partial charge < -0.3 is 10.1 Å². The number of benzene rings is 1. The van der Waals surface area contributed by atoms with Gasteiger partial charge in [-0.15, -0.1) is 11.3 Å². The maximum atomic E-state index is 14.1. The Morgan fingerprint density at radius 3 is 2.71 bits per heavy atom. The fourth-order valence-electron chi connectivity index (χ4n) is 1.81. The third-order valence-corrected chi connectivity index (χ3v) is 3.58. The van der Waals surface area contributed by atoms with Gasteiger partial charge >= 0.3 is 0 Å². The molecule has 0 aliphatic carbocycles. The van der Waals surface area contributed by atoms with Gasteiger partial charge in [0, 0.05) is 10.4 Å². The molecular weight excluding hydrogens is 237 g/mol. The SMILES string of the molecule is CNC(c1cccs1)c1cccc(OC)c1F. The van der Waals surface area contributed by atoms with Crippen molar-refractivity contribution in [3.63, 3.8) is 0 Å². The third-order valence-electron chi connectivity index (χ3n) is 2.64. The Balaban J connectivity index is 2.44. The molecule has 1 N–H and O–H groups in total. The predicted octanol–water partition coefficient (Wildman–Crippen LogP) is 3.20. The monoisotopic (exact) mass is 251 g/mol. The predicted molar refractivity (Wildman–Crippen MR) is 68.2 cm³/mol. The summed E-state index contributed by atoms with van der Waals surface area (Å²) in [5, 5.41) is 5.11. The molecule has 0 aliphatic heterocycles. The molecule has 0 fully saturated rings. The molecule has 0 saturated carbocycles. The molecule has 2 rings (SSSR count). The summed E-state index contributed by atoms with van der Waals surface area (Å²) in [6.45, 7) is 0. The van der Waals surface area contributed by atoms with E-state index in [9.17, 15) is 4.39 Å². The number of hydrogen-bond donors (Lipinski definition) is 1. The number of ether oxygens (including phenoxy) is 1. The van der Waals surface area contributed by atoms with E-state index >= 15 is 0 Å². The normalized spacial score (nSPS) is 12.4. The molecule has 0 amide bonds. The minimum absolute atomic E-state index is 0.134. The van der Waals surface area contributed by atoms with E-state index < -0.39 is 0 Å². The Kier molecular flexibility index (Phi) is 3.76. The van der Waals surface area contributed by atoms with Crippen molar-refractivity contribution >= 4 is 11.3 Å². The molecule has 0 aliphatic rings. The van der Waals surface area contributed by atoms with Crippen LogP contribution in [0.5, 0.6) is 5.75 Å². The number of rotatable bonds is 4. The molecule has 0 saturated heterocycles. The lowest BCUT2D eigenvalue weighted by Gasteiger charge is -2.17. The second-order valence-corrected chi connectivity index (χ2v) is 4.58. The van der Waals surface area contributed by atoms with Gasteiger partial charge in [-0.1, -0.05) is 18.2 Å². The summed E-state index contributed by atoms with van der Waals surface area (Å²) < 4.78 is 19.1. The molecule has 0 radical (unpaired) electrons. The van der Waals surface area contributed by atoms with Gasteiger partial charge in [0.25, 0.3) is 0 Å². The summed E-state index contributed by atoms with van der Waals surface area (Å²) in [7, 11) is 3.30. The molecule has 1 atom stereocenters.